The summed E-state index contributed by atoms with van der Waals surface area (Å²) in [7, 11) is 0. The molecule has 4 aromatic carbocycles. The summed E-state index contributed by atoms with van der Waals surface area (Å²) in [5, 5.41) is 6.45. The highest BCUT2D eigenvalue weighted by Gasteiger charge is 2.60. The van der Waals surface area contributed by atoms with E-state index in [2.05, 4.69) is 50.7 Å². The van der Waals surface area contributed by atoms with Crippen molar-refractivity contribution in [3.05, 3.63) is 112 Å². The number of fused-ring (bicyclic) bond motifs is 1. The maximum Gasteiger partial charge on any atom is 0.244 e. The number of hydrogen-bond donors (Lipinski definition) is 1. The van der Waals surface area contributed by atoms with E-state index in [1.807, 2.05) is 73.7 Å². The molecule has 1 amide bonds. The van der Waals surface area contributed by atoms with Gasteiger partial charge in [-0.05, 0) is 57.2 Å². The molecule has 1 aliphatic carbocycles. The van der Waals surface area contributed by atoms with Gasteiger partial charge < -0.3 is 4.74 Å². The van der Waals surface area contributed by atoms with Gasteiger partial charge in [0.05, 0.1) is 23.2 Å². The fraction of sp³-hybridized carbons (Fsp3) is 0.172. The van der Waals surface area contributed by atoms with Crippen LogP contribution in [0, 0.1) is 5.92 Å². The van der Waals surface area contributed by atoms with Crippen molar-refractivity contribution >= 4 is 38.8 Å². The molecular formula is C29H25BrN2O2. The molecule has 0 spiro atoms. The maximum atomic E-state index is 13.2. The number of carbonyl (C=O) groups is 1. The monoisotopic (exact) mass is 512 g/mol. The molecule has 0 heterocycles. The van der Waals surface area contributed by atoms with Crippen LogP contribution in [-0.2, 0) is 10.2 Å². The molecule has 34 heavy (non-hydrogen) atoms. The number of halogens is 1. The van der Waals surface area contributed by atoms with Crippen LogP contribution in [0.1, 0.15) is 30.0 Å². The lowest BCUT2D eigenvalue weighted by molar-refractivity contribution is -0.122. The second kappa shape index (κ2) is 9.43. The number of nitrogens with one attached hydrogen (secondary N) is 1. The van der Waals surface area contributed by atoms with Crippen LogP contribution in [0.25, 0.3) is 10.8 Å². The van der Waals surface area contributed by atoms with Crippen LogP contribution >= 0.6 is 15.9 Å². The Balaban J connectivity index is 1.43. The zero-order valence-electron chi connectivity index (χ0n) is 18.9. The summed E-state index contributed by atoms with van der Waals surface area (Å²) >= 11 is 3.62. The first-order valence-corrected chi connectivity index (χ1v) is 12.2. The highest BCUT2D eigenvalue weighted by Crippen LogP contribution is 2.58. The molecule has 1 fully saturated rings. The smallest absolute Gasteiger partial charge is 0.244 e. The van der Waals surface area contributed by atoms with Gasteiger partial charge in [-0.3, -0.25) is 4.79 Å². The molecule has 0 saturated heterocycles. The molecule has 0 aromatic heterocycles. The highest BCUT2D eigenvalue weighted by molar-refractivity contribution is 9.10. The van der Waals surface area contributed by atoms with Gasteiger partial charge >= 0.3 is 0 Å². The number of nitrogens with zero attached hydrogens (tertiary/aromatic N) is 1. The molecule has 0 bridgehead atoms. The molecule has 4 aromatic rings. The molecule has 1 atom stereocenters. The summed E-state index contributed by atoms with van der Waals surface area (Å²) in [5.74, 6) is 0.454. The minimum Gasteiger partial charge on any atom is -0.492 e. The lowest BCUT2D eigenvalue weighted by atomic mass is 9.85. The molecule has 170 valence electrons. The van der Waals surface area contributed by atoms with Crippen molar-refractivity contribution in [3.63, 3.8) is 0 Å². The second-order valence-electron chi connectivity index (χ2n) is 8.45. The molecule has 5 rings (SSSR count). The van der Waals surface area contributed by atoms with Crippen LogP contribution in [-0.4, -0.2) is 18.7 Å². The normalized spacial score (nSPS) is 16.5. The van der Waals surface area contributed by atoms with Crippen molar-refractivity contribution < 1.29 is 9.53 Å². The van der Waals surface area contributed by atoms with Gasteiger partial charge in [0.1, 0.15) is 5.75 Å². The standard InChI is InChI=1S/C29H25BrN2O2/c1-2-34-27-24(23-16-10-9-11-20(23)17-26(27)30)19-31-32-28(33)25-18-29(25,21-12-5-3-6-13-21)22-14-7-4-8-15-22/h3-17,19,25H,2,18H2,1H3,(H,32,33)/b31-19-/t25-/m1/s1. The number of hydrazone groups is 1. The third-order valence-corrected chi connectivity index (χ3v) is 7.10. The maximum absolute atomic E-state index is 13.2. The second-order valence-corrected chi connectivity index (χ2v) is 9.30. The van der Waals surface area contributed by atoms with Gasteiger partial charge in [-0.15, -0.1) is 0 Å². The molecule has 0 aliphatic heterocycles. The molecule has 1 saturated carbocycles. The van der Waals surface area contributed by atoms with Crippen molar-refractivity contribution in [1.29, 1.82) is 0 Å². The van der Waals surface area contributed by atoms with E-state index in [-0.39, 0.29) is 17.2 Å². The van der Waals surface area contributed by atoms with Gasteiger partial charge in [-0.25, -0.2) is 5.43 Å². The molecule has 4 nitrogen and oxygen atoms in total. The number of amides is 1. The summed E-state index contributed by atoms with van der Waals surface area (Å²) in [6.07, 6.45) is 2.44. The minimum atomic E-state index is -0.318. The number of rotatable bonds is 7. The van der Waals surface area contributed by atoms with Gasteiger partial charge in [0.2, 0.25) is 5.91 Å². The van der Waals surface area contributed by atoms with Crippen LogP contribution in [0.15, 0.2) is 101 Å². The Morgan fingerprint density at radius 2 is 1.65 bits per heavy atom. The van der Waals surface area contributed by atoms with E-state index in [9.17, 15) is 4.79 Å². The van der Waals surface area contributed by atoms with Gasteiger partial charge in [-0.2, -0.15) is 5.10 Å². The first-order valence-electron chi connectivity index (χ1n) is 11.4. The Bertz CT molecular complexity index is 1310. The van der Waals surface area contributed by atoms with Crippen molar-refractivity contribution in [3.8, 4) is 5.75 Å². The zero-order chi connectivity index (χ0) is 23.5. The predicted molar refractivity (Wildman–Crippen MR) is 140 cm³/mol. The van der Waals surface area contributed by atoms with Crippen LogP contribution in [0.4, 0.5) is 0 Å². The Morgan fingerprint density at radius 1 is 1.03 bits per heavy atom. The first kappa shape index (κ1) is 22.4. The minimum absolute atomic E-state index is 0.0822. The summed E-state index contributed by atoms with van der Waals surface area (Å²) in [5.41, 5.74) is 5.62. The Labute approximate surface area is 207 Å². The van der Waals surface area contributed by atoms with E-state index in [1.54, 1.807) is 6.21 Å². The zero-order valence-corrected chi connectivity index (χ0v) is 20.5. The third-order valence-electron chi connectivity index (χ3n) is 6.51. The van der Waals surface area contributed by atoms with Crippen molar-refractivity contribution in [2.75, 3.05) is 6.61 Å². The van der Waals surface area contributed by atoms with Crippen molar-refractivity contribution in [2.24, 2.45) is 11.0 Å². The van der Waals surface area contributed by atoms with Gasteiger partial charge in [0.25, 0.3) is 0 Å². The summed E-state index contributed by atoms with van der Waals surface area (Å²) in [6, 6.07) is 30.6. The Hall–Kier alpha value is -3.44. The van der Waals surface area contributed by atoms with Crippen LogP contribution in [0.3, 0.4) is 0 Å². The lowest BCUT2D eigenvalue weighted by Crippen LogP contribution is -2.25. The SMILES string of the molecule is CCOc1c(Br)cc2ccccc2c1/C=N\NC(=O)[C@H]1CC1(c1ccccc1)c1ccccc1. The van der Waals surface area contributed by atoms with E-state index in [0.717, 1.165) is 38.4 Å². The first-order chi connectivity index (χ1) is 16.6. The van der Waals surface area contributed by atoms with Crippen molar-refractivity contribution in [1.82, 2.24) is 5.43 Å². The molecule has 0 unspecified atom stereocenters. The molecule has 5 heteroatoms. The van der Waals surface area contributed by atoms with E-state index < -0.39 is 0 Å². The fourth-order valence-electron chi connectivity index (χ4n) is 4.83. The van der Waals surface area contributed by atoms with Crippen molar-refractivity contribution in [2.45, 2.75) is 18.8 Å². The van der Waals surface area contributed by atoms with Crippen LogP contribution < -0.4 is 10.2 Å². The molecule has 1 N–H and O–H groups in total. The van der Waals surface area contributed by atoms with E-state index >= 15 is 0 Å². The van der Waals surface area contributed by atoms with E-state index in [1.165, 1.54) is 0 Å². The Morgan fingerprint density at radius 3 is 2.29 bits per heavy atom. The predicted octanol–water partition coefficient (Wildman–Crippen LogP) is 6.46. The largest absolute Gasteiger partial charge is 0.492 e. The quantitative estimate of drug-likeness (QED) is 0.228. The summed E-state index contributed by atoms with van der Waals surface area (Å²) in [4.78, 5) is 13.2. The van der Waals surface area contributed by atoms with Gasteiger partial charge in [0, 0.05) is 11.0 Å². The topological polar surface area (TPSA) is 50.7 Å². The lowest BCUT2D eigenvalue weighted by Gasteiger charge is -2.18. The fourth-order valence-corrected chi connectivity index (χ4v) is 5.41. The average Bonchev–Trinajstić information content (AvgIpc) is 3.64. The summed E-state index contributed by atoms with van der Waals surface area (Å²) < 4.78 is 6.75. The Kier molecular flexibility index (Phi) is 6.20. The number of ether oxygens (including phenoxy) is 1. The highest BCUT2D eigenvalue weighted by atomic mass is 79.9. The average molecular weight is 513 g/mol. The molecule has 0 radical (unpaired) electrons. The molecular weight excluding hydrogens is 488 g/mol. The number of hydrogen-bond acceptors (Lipinski definition) is 3. The van der Waals surface area contributed by atoms with E-state index in [4.69, 9.17) is 4.74 Å². The third kappa shape index (κ3) is 4.01. The number of carbonyl (C=O) groups excluding carboxylic acids is 1. The van der Waals surface area contributed by atoms with Gasteiger partial charge in [0.15, 0.2) is 0 Å². The van der Waals surface area contributed by atoms with Crippen LogP contribution in [0.2, 0.25) is 0 Å². The van der Waals surface area contributed by atoms with Gasteiger partial charge in [-0.1, -0.05) is 84.9 Å². The van der Waals surface area contributed by atoms with Crippen LogP contribution in [0.5, 0.6) is 5.75 Å². The van der Waals surface area contributed by atoms with E-state index in [0.29, 0.717) is 12.4 Å². The summed E-state index contributed by atoms with van der Waals surface area (Å²) in [6.45, 7) is 2.48. The number of benzene rings is 4. The molecule has 1 aliphatic rings.